The van der Waals surface area contributed by atoms with E-state index in [1.54, 1.807) is 6.08 Å². The Morgan fingerprint density at radius 3 is 2.54 bits per heavy atom. The minimum atomic E-state index is -1.70. The van der Waals surface area contributed by atoms with Crippen molar-refractivity contribution in [1.29, 1.82) is 0 Å². The van der Waals surface area contributed by atoms with Crippen LogP contribution in [0, 0.1) is 28.6 Å². The lowest BCUT2D eigenvalue weighted by Gasteiger charge is -2.57. The first kappa shape index (κ1) is 16.7. The molecule has 0 bridgehead atoms. The van der Waals surface area contributed by atoms with E-state index in [1.807, 2.05) is 6.92 Å². The van der Waals surface area contributed by atoms with E-state index in [0.717, 1.165) is 12.0 Å². The number of halogens is 1. The number of carbonyl (C=O) groups is 1. The quantitative estimate of drug-likeness (QED) is 0.591. The summed E-state index contributed by atoms with van der Waals surface area (Å²) in [6.45, 7) is 4.02. The Kier molecular flexibility index (Phi) is 3.40. The van der Waals surface area contributed by atoms with Crippen molar-refractivity contribution in [2.75, 3.05) is 0 Å². The average Bonchev–Trinajstić information content (AvgIpc) is 2.73. The molecule has 134 valence electrons. The van der Waals surface area contributed by atoms with E-state index < -0.39 is 23.4 Å². The average molecular weight is 337 g/mol. The lowest BCUT2D eigenvalue weighted by molar-refractivity contribution is -0.142. The number of aliphatic hydroxyl groups is 2. The second-order valence-corrected chi connectivity index (χ2v) is 9.13. The van der Waals surface area contributed by atoms with Crippen molar-refractivity contribution in [3.63, 3.8) is 0 Å². The number of hydrogen-bond acceptors (Lipinski definition) is 4. The summed E-state index contributed by atoms with van der Waals surface area (Å²) in [7, 11) is 0. The third kappa shape index (κ3) is 1.92. The van der Waals surface area contributed by atoms with Crippen molar-refractivity contribution in [1.82, 2.24) is 0 Å². The van der Waals surface area contributed by atoms with Gasteiger partial charge in [0.15, 0.2) is 11.6 Å². The zero-order chi connectivity index (χ0) is 17.5. The first-order chi connectivity index (χ1) is 11.1. The smallest absolute Gasteiger partial charge is 0.164 e. The lowest BCUT2D eigenvalue weighted by Crippen LogP contribution is -2.59. The standard InChI is InChI=1S/C19H28FNO3/c1-17-9-15(24)13(22)7-10(17)8-14(23)16-11(17)3-5-18(2)12(16)4-6-19(18,20)21/h8,11-13,15-16,22,24H,3-7,9,21H2,1-2H3/t11-,12+,13?,15?,16?,17+,18+,19?/m1/s1. The van der Waals surface area contributed by atoms with Crippen LogP contribution in [0.25, 0.3) is 0 Å². The number of allylic oxidation sites excluding steroid dienone is 1. The molecule has 0 aromatic rings. The zero-order valence-electron chi connectivity index (χ0n) is 14.5. The van der Waals surface area contributed by atoms with Crippen molar-refractivity contribution in [2.24, 2.45) is 34.3 Å². The van der Waals surface area contributed by atoms with Crippen LogP contribution in [0.5, 0.6) is 0 Å². The summed E-state index contributed by atoms with van der Waals surface area (Å²) >= 11 is 0. The van der Waals surface area contributed by atoms with Gasteiger partial charge in [0.05, 0.1) is 12.2 Å². The van der Waals surface area contributed by atoms with Gasteiger partial charge in [0.25, 0.3) is 0 Å². The Morgan fingerprint density at radius 1 is 1.17 bits per heavy atom. The van der Waals surface area contributed by atoms with Crippen LogP contribution in [-0.4, -0.2) is 34.0 Å². The van der Waals surface area contributed by atoms with Gasteiger partial charge in [-0.25, -0.2) is 4.39 Å². The fourth-order valence-electron chi connectivity index (χ4n) is 6.45. The van der Waals surface area contributed by atoms with Gasteiger partial charge in [-0.3, -0.25) is 10.5 Å². The highest BCUT2D eigenvalue weighted by atomic mass is 19.1. The van der Waals surface area contributed by atoms with Crippen molar-refractivity contribution in [3.05, 3.63) is 11.6 Å². The van der Waals surface area contributed by atoms with Gasteiger partial charge in [-0.15, -0.1) is 0 Å². The molecule has 3 saturated carbocycles. The zero-order valence-corrected chi connectivity index (χ0v) is 14.5. The van der Waals surface area contributed by atoms with Crippen LogP contribution in [-0.2, 0) is 4.79 Å². The monoisotopic (exact) mass is 337 g/mol. The molecule has 0 amide bonds. The van der Waals surface area contributed by atoms with Crippen LogP contribution in [0.2, 0.25) is 0 Å². The van der Waals surface area contributed by atoms with E-state index in [2.05, 4.69) is 6.92 Å². The number of carbonyl (C=O) groups excluding carboxylic acids is 1. The van der Waals surface area contributed by atoms with Gasteiger partial charge in [-0.1, -0.05) is 19.4 Å². The second kappa shape index (κ2) is 4.89. The van der Waals surface area contributed by atoms with Gasteiger partial charge in [-0.05, 0) is 61.9 Å². The molecule has 0 aliphatic heterocycles. The third-order valence-electron chi connectivity index (χ3n) is 8.13. The largest absolute Gasteiger partial charge is 0.390 e. The van der Waals surface area contributed by atoms with E-state index in [4.69, 9.17) is 5.73 Å². The predicted molar refractivity (Wildman–Crippen MR) is 87.5 cm³/mol. The van der Waals surface area contributed by atoms with Crippen LogP contribution < -0.4 is 5.73 Å². The number of rotatable bonds is 0. The first-order valence-electron chi connectivity index (χ1n) is 9.19. The molecule has 0 aromatic heterocycles. The Balaban J connectivity index is 1.76. The summed E-state index contributed by atoms with van der Waals surface area (Å²) in [4.78, 5) is 12.9. The van der Waals surface area contributed by atoms with Crippen LogP contribution in [0.3, 0.4) is 0 Å². The van der Waals surface area contributed by atoms with E-state index >= 15 is 0 Å². The van der Waals surface area contributed by atoms with Gasteiger partial charge in [0.1, 0.15) is 0 Å². The number of alkyl halides is 1. The Labute approximate surface area is 142 Å². The second-order valence-electron chi connectivity index (χ2n) is 9.13. The summed E-state index contributed by atoms with van der Waals surface area (Å²) < 4.78 is 14.9. The van der Waals surface area contributed by atoms with Gasteiger partial charge in [0, 0.05) is 11.3 Å². The van der Waals surface area contributed by atoms with Crippen LogP contribution in [0.15, 0.2) is 11.6 Å². The van der Waals surface area contributed by atoms with E-state index in [9.17, 15) is 19.4 Å². The molecule has 3 fully saturated rings. The summed E-state index contributed by atoms with van der Waals surface area (Å²) in [6, 6.07) is 0. The normalized spacial score (nSPS) is 57.0. The van der Waals surface area contributed by atoms with Crippen LogP contribution in [0.4, 0.5) is 4.39 Å². The van der Waals surface area contributed by atoms with Gasteiger partial charge < -0.3 is 10.2 Å². The van der Waals surface area contributed by atoms with Gasteiger partial charge in [-0.2, -0.15) is 0 Å². The van der Waals surface area contributed by atoms with Gasteiger partial charge >= 0.3 is 0 Å². The fourth-order valence-corrected chi connectivity index (χ4v) is 6.45. The number of fused-ring (bicyclic) bond motifs is 5. The molecule has 4 rings (SSSR count). The van der Waals surface area contributed by atoms with Crippen molar-refractivity contribution in [3.8, 4) is 0 Å². The molecule has 0 aromatic carbocycles. The molecule has 4 aliphatic rings. The third-order valence-corrected chi connectivity index (χ3v) is 8.13. The maximum Gasteiger partial charge on any atom is 0.164 e. The molecule has 0 heterocycles. The molecule has 0 radical (unpaired) electrons. The maximum absolute atomic E-state index is 14.9. The summed E-state index contributed by atoms with van der Waals surface area (Å²) in [5, 5.41) is 20.2. The molecule has 4 N–H and O–H groups in total. The number of hydrogen-bond donors (Lipinski definition) is 3. The highest BCUT2D eigenvalue weighted by Gasteiger charge is 2.65. The minimum Gasteiger partial charge on any atom is -0.390 e. The fraction of sp³-hybridized carbons (Fsp3) is 0.842. The molecule has 4 unspecified atom stereocenters. The van der Waals surface area contributed by atoms with Gasteiger partial charge in [0.2, 0.25) is 0 Å². The Morgan fingerprint density at radius 2 is 1.83 bits per heavy atom. The topological polar surface area (TPSA) is 83.5 Å². The number of aliphatic hydroxyl groups excluding tert-OH is 2. The first-order valence-corrected chi connectivity index (χ1v) is 9.19. The Hall–Kier alpha value is -0.780. The summed E-state index contributed by atoms with van der Waals surface area (Å²) in [5.41, 5.74) is 6.01. The predicted octanol–water partition coefficient (Wildman–Crippen LogP) is 2.08. The molecule has 5 heteroatoms. The molecule has 4 aliphatic carbocycles. The molecule has 4 nitrogen and oxygen atoms in total. The maximum atomic E-state index is 14.9. The Bertz CT molecular complexity index is 618. The lowest BCUT2D eigenvalue weighted by atomic mass is 9.47. The number of nitrogens with two attached hydrogens (primary N) is 1. The molecule has 0 spiro atoms. The van der Waals surface area contributed by atoms with E-state index in [-0.39, 0.29) is 29.0 Å². The van der Waals surface area contributed by atoms with E-state index in [1.165, 1.54) is 0 Å². The molecule has 8 atom stereocenters. The highest BCUT2D eigenvalue weighted by molar-refractivity contribution is 5.94. The van der Waals surface area contributed by atoms with E-state index in [0.29, 0.717) is 32.1 Å². The number of ketones is 1. The highest BCUT2D eigenvalue weighted by Crippen LogP contribution is 2.66. The minimum absolute atomic E-state index is 0.0302. The SMILES string of the molecule is C[C@]12CC(O)C(O)CC1=CC(=O)C1[C@H]2CC[C@@]2(C)[C@H]1CCC2(N)F. The van der Waals surface area contributed by atoms with Crippen molar-refractivity contribution < 1.29 is 19.4 Å². The summed E-state index contributed by atoms with van der Waals surface area (Å²) in [5.74, 6) is -1.75. The molecular formula is C19H28FNO3. The van der Waals surface area contributed by atoms with Crippen LogP contribution >= 0.6 is 0 Å². The molecular weight excluding hydrogens is 309 g/mol. The van der Waals surface area contributed by atoms with Crippen molar-refractivity contribution >= 4 is 5.78 Å². The summed E-state index contributed by atoms with van der Waals surface area (Å²) in [6.07, 6.45) is 3.38. The van der Waals surface area contributed by atoms with Crippen LogP contribution in [0.1, 0.15) is 52.4 Å². The molecule has 24 heavy (non-hydrogen) atoms. The van der Waals surface area contributed by atoms with Crippen molar-refractivity contribution in [2.45, 2.75) is 70.4 Å². The molecule has 0 saturated heterocycles.